The molecule has 0 radical (unpaired) electrons. The average molecular weight is 392 g/mol. The van der Waals surface area contributed by atoms with Crippen LogP contribution in [0.15, 0.2) is 54.6 Å². The highest BCUT2D eigenvalue weighted by molar-refractivity contribution is 5.79. The first-order valence-corrected chi connectivity index (χ1v) is 10.4. The number of rotatable bonds is 5. The Bertz CT molecular complexity index is 960. The lowest BCUT2D eigenvalue weighted by molar-refractivity contribution is 0.190. The third-order valence-electron chi connectivity index (χ3n) is 5.65. The minimum absolute atomic E-state index is 0.0387. The number of hydrogen-bond donors (Lipinski definition) is 1. The summed E-state index contributed by atoms with van der Waals surface area (Å²) in [6.45, 7) is 7.89. The third kappa shape index (κ3) is 4.21. The summed E-state index contributed by atoms with van der Waals surface area (Å²) in [6, 6.07) is 19.0. The predicted molar refractivity (Wildman–Crippen MR) is 117 cm³/mol. The van der Waals surface area contributed by atoms with E-state index in [1.807, 2.05) is 24.0 Å². The van der Waals surface area contributed by atoms with E-state index in [4.69, 9.17) is 4.98 Å². The van der Waals surface area contributed by atoms with Gasteiger partial charge in [0.15, 0.2) is 0 Å². The topological polar surface area (TPSA) is 53.4 Å². The second kappa shape index (κ2) is 8.55. The molecule has 2 aromatic carbocycles. The first-order chi connectivity index (χ1) is 14.2. The number of carbonyl (C=O) groups is 1. The van der Waals surface area contributed by atoms with E-state index in [1.54, 1.807) is 0 Å². The minimum Gasteiger partial charge on any atom is -0.339 e. The molecule has 1 aromatic heterocycles. The molecule has 1 aliphatic heterocycles. The highest BCUT2D eigenvalue weighted by atomic mass is 16.2. The van der Waals surface area contributed by atoms with Crippen molar-refractivity contribution in [2.45, 2.75) is 32.9 Å². The summed E-state index contributed by atoms with van der Waals surface area (Å²) in [4.78, 5) is 21.6. The van der Waals surface area contributed by atoms with Crippen LogP contribution in [0.4, 0.5) is 10.7 Å². The number of carbonyl (C=O) groups excluding carboxylic acids is 1. The molecule has 1 N–H and O–H groups in total. The normalized spacial score (nSPS) is 15.5. The molecule has 0 spiro atoms. The number of anilines is 1. The lowest BCUT2D eigenvalue weighted by Crippen LogP contribution is -2.53. The zero-order valence-electron chi connectivity index (χ0n) is 17.2. The van der Waals surface area contributed by atoms with Gasteiger partial charge in [-0.15, -0.1) is 0 Å². The van der Waals surface area contributed by atoms with Gasteiger partial charge in [0.2, 0.25) is 5.95 Å². The Morgan fingerprint density at radius 1 is 1.03 bits per heavy atom. The van der Waals surface area contributed by atoms with Crippen LogP contribution in [-0.4, -0.2) is 52.7 Å². The van der Waals surface area contributed by atoms with Crippen molar-refractivity contribution in [2.75, 3.05) is 31.1 Å². The van der Waals surface area contributed by atoms with Crippen LogP contribution >= 0.6 is 0 Å². The summed E-state index contributed by atoms with van der Waals surface area (Å²) in [7, 11) is 0. The maximum absolute atomic E-state index is 12.4. The van der Waals surface area contributed by atoms with Crippen molar-refractivity contribution >= 4 is 23.0 Å². The van der Waals surface area contributed by atoms with E-state index in [0.717, 1.165) is 43.0 Å². The van der Waals surface area contributed by atoms with Crippen LogP contribution in [0, 0.1) is 0 Å². The van der Waals surface area contributed by atoms with Crippen LogP contribution in [0.5, 0.6) is 0 Å². The fourth-order valence-corrected chi connectivity index (χ4v) is 3.74. The van der Waals surface area contributed by atoms with Crippen molar-refractivity contribution < 1.29 is 4.79 Å². The van der Waals surface area contributed by atoms with Crippen LogP contribution < -0.4 is 10.2 Å². The molecule has 4 rings (SSSR count). The summed E-state index contributed by atoms with van der Waals surface area (Å²) in [6.07, 6.45) is 0.940. The van der Waals surface area contributed by atoms with E-state index in [1.165, 1.54) is 5.56 Å². The van der Waals surface area contributed by atoms with Crippen molar-refractivity contribution in [3.05, 3.63) is 60.2 Å². The number of urea groups is 1. The van der Waals surface area contributed by atoms with Gasteiger partial charge in [0.25, 0.3) is 0 Å². The van der Waals surface area contributed by atoms with Crippen LogP contribution in [0.1, 0.15) is 25.8 Å². The first kappa shape index (κ1) is 19.3. The van der Waals surface area contributed by atoms with E-state index in [0.29, 0.717) is 13.1 Å². The summed E-state index contributed by atoms with van der Waals surface area (Å²) < 4.78 is 2.29. The highest BCUT2D eigenvalue weighted by Crippen LogP contribution is 2.25. The molecule has 1 aliphatic rings. The Morgan fingerprint density at radius 2 is 1.72 bits per heavy atom. The summed E-state index contributed by atoms with van der Waals surface area (Å²) >= 11 is 0. The average Bonchev–Trinajstić information content (AvgIpc) is 3.13. The number of aromatic nitrogens is 2. The summed E-state index contributed by atoms with van der Waals surface area (Å²) in [5.74, 6) is 0.983. The zero-order chi connectivity index (χ0) is 20.2. The second-order valence-electron chi connectivity index (χ2n) is 7.71. The van der Waals surface area contributed by atoms with E-state index in [2.05, 4.69) is 64.2 Å². The van der Waals surface area contributed by atoms with Crippen LogP contribution in [0.2, 0.25) is 0 Å². The Balaban J connectivity index is 1.54. The molecule has 6 heteroatoms. The molecule has 1 saturated heterocycles. The SMILES string of the molecule is CC[C@@H](C)NC(=O)N1CCN(c2nc3ccccc3n2Cc2ccccc2)CC1. The maximum atomic E-state index is 12.4. The quantitative estimate of drug-likeness (QED) is 0.721. The standard InChI is InChI=1S/C23H29N5O/c1-3-18(2)24-23(29)27-15-13-26(14-16-27)22-25-20-11-7-8-12-21(20)28(22)17-19-9-5-4-6-10-19/h4-12,18H,3,13-17H2,1-2H3,(H,24,29)/t18-/m1/s1. The molecule has 6 nitrogen and oxygen atoms in total. The number of fused-ring (bicyclic) bond motifs is 1. The molecule has 3 aromatic rings. The number of benzene rings is 2. The van der Waals surface area contributed by atoms with Crippen molar-refractivity contribution in [3.8, 4) is 0 Å². The Kier molecular flexibility index (Phi) is 5.69. The molecule has 2 amide bonds. The molecule has 1 fully saturated rings. The fraction of sp³-hybridized carbons (Fsp3) is 0.391. The molecular weight excluding hydrogens is 362 g/mol. The summed E-state index contributed by atoms with van der Waals surface area (Å²) in [5, 5.41) is 3.07. The zero-order valence-corrected chi connectivity index (χ0v) is 17.2. The van der Waals surface area contributed by atoms with Gasteiger partial charge >= 0.3 is 6.03 Å². The van der Waals surface area contributed by atoms with Gasteiger partial charge in [0.1, 0.15) is 0 Å². The van der Waals surface area contributed by atoms with Crippen LogP contribution in [0.3, 0.4) is 0 Å². The van der Waals surface area contributed by atoms with Crippen molar-refractivity contribution in [1.29, 1.82) is 0 Å². The minimum atomic E-state index is 0.0387. The van der Waals surface area contributed by atoms with Crippen LogP contribution in [-0.2, 0) is 6.54 Å². The molecule has 0 bridgehead atoms. The van der Waals surface area contributed by atoms with Gasteiger partial charge in [-0.3, -0.25) is 0 Å². The van der Waals surface area contributed by atoms with Crippen molar-refractivity contribution in [2.24, 2.45) is 0 Å². The number of hydrogen-bond acceptors (Lipinski definition) is 3. The lowest BCUT2D eigenvalue weighted by Gasteiger charge is -2.36. The monoisotopic (exact) mass is 391 g/mol. The Morgan fingerprint density at radius 3 is 2.45 bits per heavy atom. The lowest BCUT2D eigenvalue weighted by atomic mass is 10.2. The van der Waals surface area contributed by atoms with E-state index < -0.39 is 0 Å². The van der Waals surface area contributed by atoms with Gasteiger partial charge in [-0.1, -0.05) is 49.4 Å². The highest BCUT2D eigenvalue weighted by Gasteiger charge is 2.25. The van der Waals surface area contributed by atoms with E-state index in [9.17, 15) is 4.79 Å². The number of nitrogens with zero attached hydrogens (tertiary/aromatic N) is 4. The number of para-hydroxylation sites is 2. The number of nitrogens with one attached hydrogen (secondary N) is 1. The Hall–Kier alpha value is -3.02. The Labute approximate surface area is 172 Å². The van der Waals surface area contributed by atoms with Crippen LogP contribution in [0.25, 0.3) is 11.0 Å². The number of piperazine rings is 1. The van der Waals surface area contributed by atoms with Gasteiger partial charge in [0, 0.05) is 32.2 Å². The van der Waals surface area contributed by atoms with Crippen molar-refractivity contribution in [1.82, 2.24) is 19.8 Å². The van der Waals surface area contributed by atoms with Crippen molar-refractivity contribution in [3.63, 3.8) is 0 Å². The summed E-state index contributed by atoms with van der Waals surface area (Å²) in [5.41, 5.74) is 3.40. The predicted octanol–water partition coefficient (Wildman–Crippen LogP) is 3.71. The molecular formula is C23H29N5O. The number of imidazole rings is 1. The van der Waals surface area contributed by atoms with Gasteiger partial charge in [-0.25, -0.2) is 9.78 Å². The maximum Gasteiger partial charge on any atom is 0.317 e. The molecule has 152 valence electrons. The molecule has 0 unspecified atom stereocenters. The third-order valence-corrected chi connectivity index (χ3v) is 5.65. The molecule has 1 atom stereocenters. The first-order valence-electron chi connectivity index (χ1n) is 10.4. The van der Waals surface area contributed by atoms with Gasteiger partial charge in [-0.2, -0.15) is 0 Å². The van der Waals surface area contributed by atoms with Gasteiger partial charge in [0.05, 0.1) is 17.6 Å². The van der Waals surface area contributed by atoms with E-state index >= 15 is 0 Å². The largest absolute Gasteiger partial charge is 0.339 e. The molecule has 0 saturated carbocycles. The van der Waals surface area contributed by atoms with Gasteiger partial charge in [-0.05, 0) is 31.0 Å². The smallest absolute Gasteiger partial charge is 0.317 e. The number of amides is 2. The van der Waals surface area contributed by atoms with Gasteiger partial charge < -0.3 is 19.7 Å². The fourth-order valence-electron chi connectivity index (χ4n) is 3.74. The molecule has 0 aliphatic carbocycles. The second-order valence-corrected chi connectivity index (χ2v) is 7.71. The molecule has 29 heavy (non-hydrogen) atoms. The van der Waals surface area contributed by atoms with E-state index in [-0.39, 0.29) is 12.1 Å². The molecule has 2 heterocycles.